The lowest BCUT2D eigenvalue weighted by atomic mass is 9.97. The van der Waals surface area contributed by atoms with Crippen LogP contribution in [-0.2, 0) is 9.53 Å². The summed E-state index contributed by atoms with van der Waals surface area (Å²) in [5.74, 6) is 0.834. The van der Waals surface area contributed by atoms with Gasteiger partial charge in [-0.2, -0.15) is 0 Å². The van der Waals surface area contributed by atoms with E-state index in [0.29, 0.717) is 36.8 Å². The number of ether oxygens (including phenoxy) is 3. The normalized spacial score (nSPS) is 17.0. The molecule has 2 aliphatic heterocycles. The minimum absolute atomic E-state index is 0.0665. The number of nitrogens with zero attached hydrogens (tertiary/aromatic N) is 2. The van der Waals surface area contributed by atoms with E-state index in [9.17, 15) is 9.59 Å². The van der Waals surface area contributed by atoms with E-state index in [1.165, 1.54) is 0 Å². The van der Waals surface area contributed by atoms with Crippen molar-refractivity contribution in [2.45, 2.75) is 26.7 Å². The third kappa shape index (κ3) is 4.02. The summed E-state index contributed by atoms with van der Waals surface area (Å²) in [6.45, 7) is 5.32. The van der Waals surface area contributed by atoms with Crippen molar-refractivity contribution in [2.75, 3.05) is 26.5 Å². The summed E-state index contributed by atoms with van der Waals surface area (Å²) in [5.41, 5.74) is 4.27. The average Bonchev–Trinajstić information content (AvgIpc) is 3.48. The Morgan fingerprint density at radius 2 is 1.85 bits per heavy atom. The van der Waals surface area contributed by atoms with E-state index in [-0.39, 0.29) is 24.6 Å². The number of aromatic nitrogens is 1. The maximum absolute atomic E-state index is 13.7. The van der Waals surface area contributed by atoms with Gasteiger partial charge in [0.1, 0.15) is 0 Å². The Morgan fingerprint density at radius 3 is 2.65 bits per heavy atom. The zero-order valence-corrected chi connectivity index (χ0v) is 19.5. The maximum atomic E-state index is 13.7. The molecule has 0 aliphatic carbocycles. The molecule has 176 valence electrons. The van der Waals surface area contributed by atoms with Crippen LogP contribution in [0, 0.1) is 12.8 Å². The van der Waals surface area contributed by atoms with Crippen LogP contribution in [-0.4, -0.2) is 47.8 Å². The Morgan fingerprint density at radius 1 is 1.06 bits per heavy atom. The Labute approximate surface area is 198 Å². The second kappa shape index (κ2) is 9.25. The molecule has 0 saturated carbocycles. The lowest BCUT2D eigenvalue weighted by Gasteiger charge is -2.31. The minimum Gasteiger partial charge on any atom is -0.466 e. The van der Waals surface area contributed by atoms with Crippen LogP contribution >= 0.6 is 0 Å². The summed E-state index contributed by atoms with van der Waals surface area (Å²) < 4.78 is 18.4. The van der Waals surface area contributed by atoms with Crippen LogP contribution < -0.4 is 9.47 Å². The number of rotatable bonds is 5. The summed E-state index contributed by atoms with van der Waals surface area (Å²) in [6.07, 6.45) is 1.53. The van der Waals surface area contributed by atoms with E-state index in [2.05, 4.69) is 4.57 Å². The maximum Gasteiger partial charge on any atom is 0.310 e. The number of amides is 1. The molecule has 2 aliphatic rings. The third-order valence-corrected chi connectivity index (χ3v) is 6.49. The summed E-state index contributed by atoms with van der Waals surface area (Å²) >= 11 is 0. The molecule has 5 rings (SSSR count). The van der Waals surface area contributed by atoms with E-state index in [4.69, 9.17) is 14.2 Å². The largest absolute Gasteiger partial charge is 0.466 e. The SMILES string of the molecule is CCOC(=O)C1CCCN(C(=O)c2cc(-c3ccccc3)n(-c3ccc4c(c3)OCO4)c2C)C1. The lowest BCUT2D eigenvalue weighted by Crippen LogP contribution is -2.43. The molecule has 7 heteroatoms. The predicted molar refractivity (Wildman–Crippen MR) is 127 cm³/mol. The highest BCUT2D eigenvalue weighted by atomic mass is 16.7. The molecule has 34 heavy (non-hydrogen) atoms. The van der Waals surface area contributed by atoms with Crippen molar-refractivity contribution < 1.29 is 23.8 Å². The van der Waals surface area contributed by atoms with Gasteiger partial charge >= 0.3 is 5.97 Å². The van der Waals surface area contributed by atoms with E-state index in [1.54, 1.807) is 11.8 Å². The molecule has 7 nitrogen and oxygen atoms in total. The molecule has 0 bridgehead atoms. The van der Waals surface area contributed by atoms with Gasteiger partial charge in [0.2, 0.25) is 6.79 Å². The first-order chi connectivity index (χ1) is 16.6. The van der Waals surface area contributed by atoms with Gasteiger partial charge in [0.25, 0.3) is 5.91 Å². The van der Waals surface area contributed by atoms with Crippen LogP contribution in [0.15, 0.2) is 54.6 Å². The number of carbonyl (C=O) groups is 2. The van der Waals surface area contributed by atoms with Crippen molar-refractivity contribution in [3.8, 4) is 28.4 Å². The van der Waals surface area contributed by atoms with Crippen molar-refractivity contribution in [1.29, 1.82) is 0 Å². The fourth-order valence-electron chi connectivity index (χ4n) is 4.79. The van der Waals surface area contributed by atoms with Gasteiger partial charge in [-0.1, -0.05) is 30.3 Å². The zero-order valence-electron chi connectivity index (χ0n) is 19.5. The third-order valence-electron chi connectivity index (χ3n) is 6.49. The van der Waals surface area contributed by atoms with Crippen LogP contribution in [0.5, 0.6) is 11.5 Å². The molecule has 0 radical (unpaired) electrons. The van der Waals surface area contributed by atoms with Crippen molar-refractivity contribution in [2.24, 2.45) is 5.92 Å². The van der Waals surface area contributed by atoms with Gasteiger partial charge in [0.05, 0.1) is 23.8 Å². The molecule has 0 spiro atoms. The highest BCUT2D eigenvalue weighted by Gasteiger charge is 2.32. The number of hydrogen-bond donors (Lipinski definition) is 0. The van der Waals surface area contributed by atoms with Gasteiger partial charge in [0, 0.05) is 30.5 Å². The highest BCUT2D eigenvalue weighted by Crippen LogP contribution is 2.37. The predicted octanol–water partition coefficient (Wildman–Crippen LogP) is 4.60. The van der Waals surface area contributed by atoms with E-state index < -0.39 is 0 Å². The topological polar surface area (TPSA) is 70.0 Å². The molecule has 0 N–H and O–H groups in total. The number of likely N-dealkylation sites (tertiary alicyclic amines) is 1. The number of hydrogen-bond acceptors (Lipinski definition) is 5. The molecule has 3 heterocycles. The molecule has 1 aromatic heterocycles. The van der Waals surface area contributed by atoms with Gasteiger partial charge in [-0.15, -0.1) is 0 Å². The smallest absolute Gasteiger partial charge is 0.310 e. The number of piperidine rings is 1. The van der Waals surface area contributed by atoms with Gasteiger partial charge in [-0.25, -0.2) is 0 Å². The van der Waals surface area contributed by atoms with Crippen LogP contribution in [0.25, 0.3) is 16.9 Å². The van der Waals surface area contributed by atoms with E-state index in [0.717, 1.165) is 35.5 Å². The van der Waals surface area contributed by atoms with Crippen LogP contribution in [0.3, 0.4) is 0 Å². The number of benzene rings is 2. The highest BCUT2D eigenvalue weighted by molar-refractivity contribution is 5.97. The van der Waals surface area contributed by atoms with Crippen molar-refractivity contribution in [1.82, 2.24) is 9.47 Å². The first kappa shape index (κ1) is 22.1. The quantitative estimate of drug-likeness (QED) is 0.521. The monoisotopic (exact) mass is 460 g/mol. The molecule has 3 aromatic rings. The standard InChI is InChI=1S/C27H28N2O5/c1-3-32-27(31)20-10-7-13-28(16-20)26(30)22-15-23(19-8-5-4-6-9-19)29(18(22)2)21-11-12-24-25(14-21)34-17-33-24/h4-6,8-9,11-12,14-15,20H,3,7,10,13,16-17H2,1-2H3. The second-order valence-corrected chi connectivity index (χ2v) is 8.61. The first-order valence-electron chi connectivity index (χ1n) is 11.7. The van der Waals surface area contributed by atoms with Crippen molar-refractivity contribution in [3.63, 3.8) is 0 Å². The van der Waals surface area contributed by atoms with E-state index >= 15 is 0 Å². The number of esters is 1. The van der Waals surface area contributed by atoms with Crippen LogP contribution in [0.4, 0.5) is 0 Å². The Bertz CT molecular complexity index is 1220. The first-order valence-corrected chi connectivity index (χ1v) is 11.7. The van der Waals surface area contributed by atoms with Gasteiger partial charge in [0.15, 0.2) is 11.5 Å². The fraction of sp³-hybridized carbons (Fsp3) is 0.333. The summed E-state index contributed by atoms with van der Waals surface area (Å²) in [7, 11) is 0. The van der Waals surface area contributed by atoms with Crippen molar-refractivity contribution in [3.05, 3.63) is 65.9 Å². The molecule has 1 saturated heterocycles. The molecule has 1 amide bonds. The zero-order chi connectivity index (χ0) is 23.7. The molecule has 2 aromatic carbocycles. The van der Waals surface area contributed by atoms with Crippen LogP contribution in [0.2, 0.25) is 0 Å². The second-order valence-electron chi connectivity index (χ2n) is 8.61. The van der Waals surface area contributed by atoms with Gasteiger partial charge in [-0.3, -0.25) is 9.59 Å². The number of fused-ring (bicyclic) bond motifs is 1. The molecule has 1 unspecified atom stereocenters. The summed E-state index contributed by atoms with van der Waals surface area (Å²) in [4.78, 5) is 27.8. The van der Waals surface area contributed by atoms with Gasteiger partial charge < -0.3 is 23.7 Å². The minimum atomic E-state index is -0.275. The molecular weight excluding hydrogens is 432 g/mol. The van der Waals surface area contributed by atoms with Crippen molar-refractivity contribution >= 4 is 11.9 Å². The number of carbonyl (C=O) groups excluding carboxylic acids is 2. The molecular formula is C27H28N2O5. The van der Waals surface area contributed by atoms with Crippen LogP contribution in [0.1, 0.15) is 35.8 Å². The fourth-order valence-corrected chi connectivity index (χ4v) is 4.79. The summed E-state index contributed by atoms with van der Waals surface area (Å²) in [6, 6.07) is 17.8. The van der Waals surface area contributed by atoms with E-state index in [1.807, 2.05) is 61.5 Å². The van der Waals surface area contributed by atoms with Gasteiger partial charge in [-0.05, 0) is 50.5 Å². The average molecular weight is 461 g/mol. The Kier molecular flexibility index (Phi) is 6.01. The molecule has 1 atom stereocenters. The Hall–Kier alpha value is -3.74. The lowest BCUT2D eigenvalue weighted by molar-refractivity contribution is -0.149. The Balaban J connectivity index is 1.53. The molecule has 1 fully saturated rings. The summed E-state index contributed by atoms with van der Waals surface area (Å²) in [5, 5.41) is 0.